The van der Waals surface area contributed by atoms with Crippen molar-refractivity contribution in [3.05, 3.63) is 0 Å². The molecule has 0 saturated carbocycles. The molecule has 0 amide bonds. The average Bonchev–Trinajstić information content (AvgIpc) is 2.16. The Balaban J connectivity index is 2.46. The number of piperidine rings is 1. The normalized spacial score (nSPS) is 32.1. The molecule has 2 nitrogen and oxygen atoms in total. The molecule has 0 aromatic rings. The zero-order valence-corrected chi connectivity index (χ0v) is 10.4. The Kier molecular flexibility index (Phi) is 4.39. The van der Waals surface area contributed by atoms with Gasteiger partial charge in [0.25, 0.3) is 0 Å². The lowest BCUT2D eigenvalue weighted by Gasteiger charge is -2.41. The van der Waals surface area contributed by atoms with Crippen molar-refractivity contribution in [3.8, 4) is 0 Å². The van der Waals surface area contributed by atoms with E-state index in [9.17, 15) is 0 Å². The topological polar surface area (TPSA) is 15.3 Å². The van der Waals surface area contributed by atoms with Gasteiger partial charge in [0.15, 0.2) is 0 Å². The highest BCUT2D eigenvalue weighted by Crippen LogP contribution is 2.21. The van der Waals surface area contributed by atoms with Crippen molar-refractivity contribution in [2.24, 2.45) is 11.8 Å². The van der Waals surface area contributed by atoms with Crippen LogP contribution in [0.25, 0.3) is 0 Å². The fourth-order valence-electron chi connectivity index (χ4n) is 2.40. The van der Waals surface area contributed by atoms with Crippen molar-refractivity contribution in [2.45, 2.75) is 46.2 Å². The molecule has 0 aromatic carbocycles. The summed E-state index contributed by atoms with van der Waals surface area (Å²) < 4.78 is 0. The van der Waals surface area contributed by atoms with E-state index in [1.165, 1.54) is 19.5 Å². The van der Waals surface area contributed by atoms with Crippen LogP contribution in [0.2, 0.25) is 0 Å². The molecule has 14 heavy (non-hydrogen) atoms. The van der Waals surface area contributed by atoms with Gasteiger partial charge in [-0.1, -0.05) is 20.8 Å². The van der Waals surface area contributed by atoms with E-state index in [1.807, 2.05) is 0 Å². The van der Waals surface area contributed by atoms with Gasteiger partial charge in [0.05, 0.1) is 0 Å². The second-order valence-corrected chi connectivity index (χ2v) is 5.14. The van der Waals surface area contributed by atoms with E-state index >= 15 is 0 Å². The van der Waals surface area contributed by atoms with Crippen LogP contribution in [0.5, 0.6) is 0 Å². The van der Waals surface area contributed by atoms with Crippen molar-refractivity contribution in [1.29, 1.82) is 0 Å². The summed E-state index contributed by atoms with van der Waals surface area (Å²) in [6.07, 6.45) is 1.30. The Morgan fingerprint density at radius 3 is 2.36 bits per heavy atom. The van der Waals surface area contributed by atoms with Crippen LogP contribution in [0.15, 0.2) is 0 Å². The first-order valence-corrected chi connectivity index (χ1v) is 5.97. The van der Waals surface area contributed by atoms with Crippen molar-refractivity contribution in [2.75, 3.05) is 20.1 Å². The maximum atomic E-state index is 3.42. The summed E-state index contributed by atoms with van der Waals surface area (Å²) in [6.45, 7) is 11.9. The molecule has 0 aromatic heterocycles. The number of nitrogens with one attached hydrogen (secondary N) is 1. The lowest BCUT2D eigenvalue weighted by molar-refractivity contribution is 0.0920. The van der Waals surface area contributed by atoms with E-state index in [1.54, 1.807) is 0 Å². The molecule has 84 valence electrons. The number of rotatable bonds is 3. The summed E-state index contributed by atoms with van der Waals surface area (Å²) in [5, 5.41) is 3.42. The molecule has 1 rings (SSSR count). The first kappa shape index (κ1) is 12.0. The second-order valence-electron chi connectivity index (χ2n) is 5.14. The molecule has 1 aliphatic heterocycles. The molecule has 1 N–H and O–H groups in total. The Morgan fingerprint density at radius 2 is 1.93 bits per heavy atom. The zero-order chi connectivity index (χ0) is 10.7. The van der Waals surface area contributed by atoms with Crippen LogP contribution >= 0.6 is 0 Å². The van der Waals surface area contributed by atoms with Crippen LogP contribution in [0.4, 0.5) is 0 Å². The molecule has 1 fully saturated rings. The Hall–Kier alpha value is -0.0800. The maximum Gasteiger partial charge on any atom is 0.0114 e. The summed E-state index contributed by atoms with van der Waals surface area (Å²) in [6, 6.07) is 1.46. The number of nitrogens with zero attached hydrogens (tertiary/aromatic N) is 1. The summed E-state index contributed by atoms with van der Waals surface area (Å²) >= 11 is 0. The smallest absolute Gasteiger partial charge is 0.0114 e. The monoisotopic (exact) mass is 198 g/mol. The minimum Gasteiger partial charge on any atom is -0.317 e. The largest absolute Gasteiger partial charge is 0.317 e. The van der Waals surface area contributed by atoms with Gasteiger partial charge in [-0.25, -0.2) is 0 Å². The highest BCUT2D eigenvalue weighted by molar-refractivity contribution is 4.84. The van der Waals surface area contributed by atoms with Crippen LogP contribution in [0.1, 0.15) is 34.1 Å². The van der Waals surface area contributed by atoms with Crippen molar-refractivity contribution in [1.82, 2.24) is 10.2 Å². The molecule has 0 bridgehead atoms. The third kappa shape index (κ3) is 2.71. The highest BCUT2D eigenvalue weighted by atomic mass is 15.2. The van der Waals surface area contributed by atoms with Crippen molar-refractivity contribution < 1.29 is 0 Å². The molecule has 3 atom stereocenters. The molecule has 1 saturated heterocycles. The van der Waals surface area contributed by atoms with Crippen LogP contribution in [-0.4, -0.2) is 37.1 Å². The fraction of sp³-hybridized carbons (Fsp3) is 1.00. The fourth-order valence-corrected chi connectivity index (χ4v) is 2.40. The van der Waals surface area contributed by atoms with Gasteiger partial charge in [-0.05, 0) is 38.8 Å². The third-order valence-corrected chi connectivity index (χ3v) is 3.85. The van der Waals surface area contributed by atoms with Crippen LogP contribution in [-0.2, 0) is 0 Å². The van der Waals surface area contributed by atoms with Gasteiger partial charge in [0.1, 0.15) is 0 Å². The minimum absolute atomic E-state index is 0.727. The Bertz CT molecular complexity index is 168. The maximum absolute atomic E-state index is 3.42. The molecule has 3 unspecified atom stereocenters. The van der Waals surface area contributed by atoms with Gasteiger partial charge in [-0.2, -0.15) is 0 Å². The van der Waals surface area contributed by atoms with Crippen molar-refractivity contribution in [3.63, 3.8) is 0 Å². The Morgan fingerprint density at radius 1 is 1.29 bits per heavy atom. The first-order chi connectivity index (χ1) is 6.56. The molecule has 1 aliphatic rings. The second kappa shape index (κ2) is 5.13. The van der Waals surface area contributed by atoms with Gasteiger partial charge < -0.3 is 10.2 Å². The Labute approximate surface area is 89.1 Å². The lowest BCUT2D eigenvalue weighted by atomic mass is 9.91. The predicted octanol–water partition coefficient (Wildman–Crippen LogP) is 1.96. The van der Waals surface area contributed by atoms with Gasteiger partial charge >= 0.3 is 0 Å². The number of hydrogen-bond donors (Lipinski definition) is 1. The average molecular weight is 198 g/mol. The van der Waals surface area contributed by atoms with Crippen molar-refractivity contribution >= 4 is 0 Å². The predicted molar refractivity (Wildman–Crippen MR) is 62.5 cm³/mol. The van der Waals surface area contributed by atoms with Gasteiger partial charge in [0.2, 0.25) is 0 Å². The van der Waals surface area contributed by atoms with Gasteiger partial charge in [-0.3, -0.25) is 0 Å². The molecular formula is C12H26N2. The van der Waals surface area contributed by atoms with Gasteiger partial charge in [-0.15, -0.1) is 0 Å². The summed E-state index contributed by atoms with van der Waals surface area (Å²) in [7, 11) is 2.09. The van der Waals surface area contributed by atoms with E-state index < -0.39 is 0 Å². The SMILES string of the molecule is CNC1CCN(C(C)C(C)C)CC1C. The first-order valence-electron chi connectivity index (χ1n) is 5.97. The van der Waals surface area contributed by atoms with E-state index in [4.69, 9.17) is 0 Å². The van der Waals surface area contributed by atoms with Crippen LogP contribution in [0.3, 0.4) is 0 Å². The van der Waals surface area contributed by atoms with E-state index in [0.717, 1.165) is 23.9 Å². The zero-order valence-electron chi connectivity index (χ0n) is 10.4. The highest BCUT2D eigenvalue weighted by Gasteiger charge is 2.28. The van der Waals surface area contributed by atoms with E-state index in [0.29, 0.717) is 0 Å². The summed E-state index contributed by atoms with van der Waals surface area (Å²) in [5.74, 6) is 1.56. The minimum atomic E-state index is 0.727. The lowest BCUT2D eigenvalue weighted by Crippen LogP contribution is -2.51. The summed E-state index contributed by atoms with van der Waals surface area (Å²) in [5.41, 5.74) is 0. The standard InChI is InChI=1S/C12H26N2/c1-9(2)11(4)14-7-6-12(13-5)10(3)8-14/h9-13H,6-8H2,1-5H3. The third-order valence-electron chi connectivity index (χ3n) is 3.85. The quantitative estimate of drug-likeness (QED) is 0.746. The van der Waals surface area contributed by atoms with Gasteiger partial charge in [0, 0.05) is 18.6 Å². The summed E-state index contributed by atoms with van der Waals surface area (Å²) in [4.78, 5) is 2.64. The molecule has 0 radical (unpaired) electrons. The number of hydrogen-bond acceptors (Lipinski definition) is 2. The number of likely N-dealkylation sites (tertiary alicyclic amines) is 1. The van der Waals surface area contributed by atoms with E-state index in [-0.39, 0.29) is 0 Å². The molecule has 2 heteroatoms. The van der Waals surface area contributed by atoms with E-state index in [2.05, 4.69) is 45.0 Å². The van der Waals surface area contributed by atoms with Crippen LogP contribution < -0.4 is 5.32 Å². The molecule has 0 aliphatic carbocycles. The molecular weight excluding hydrogens is 172 g/mol. The molecule has 1 heterocycles. The van der Waals surface area contributed by atoms with Crippen LogP contribution in [0, 0.1) is 11.8 Å². The molecule has 0 spiro atoms.